The average Bonchev–Trinajstić information content (AvgIpc) is 3.15. The summed E-state index contributed by atoms with van der Waals surface area (Å²) in [5.74, 6) is 2.45. The van der Waals surface area contributed by atoms with Crippen LogP contribution in [-0.4, -0.2) is 44.0 Å². The van der Waals surface area contributed by atoms with Crippen molar-refractivity contribution in [3.8, 4) is 0 Å². The Labute approximate surface area is 129 Å². The molecule has 1 aliphatic rings. The lowest BCUT2D eigenvalue weighted by Crippen LogP contribution is -2.39. The first-order valence-corrected chi connectivity index (χ1v) is 7.69. The van der Waals surface area contributed by atoms with Crippen LogP contribution < -0.4 is 0 Å². The molecule has 1 saturated heterocycles. The van der Waals surface area contributed by atoms with Crippen LogP contribution in [-0.2, 0) is 0 Å². The molecule has 7 heteroatoms. The number of amides is 1. The van der Waals surface area contributed by atoms with Crippen LogP contribution in [0.2, 0.25) is 0 Å². The predicted octanol–water partition coefficient (Wildman–Crippen LogP) is 2.24. The number of hydrogen-bond donors (Lipinski definition) is 1. The van der Waals surface area contributed by atoms with Gasteiger partial charge in [-0.15, -0.1) is 0 Å². The summed E-state index contributed by atoms with van der Waals surface area (Å²) >= 11 is 0. The van der Waals surface area contributed by atoms with E-state index in [1.54, 1.807) is 6.20 Å². The van der Waals surface area contributed by atoms with Gasteiger partial charge in [-0.1, -0.05) is 19.0 Å². The van der Waals surface area contributed by atoms with Gasteiger partial charge in [-0.3, -0.25) is 4.79 Å². The molecule has 0 aromatic carbocycles. The zero-order chi connectivity index (χ0) is 15.7. The lowest BCUT2D eigenvalue weighted by molar-refractivity contribution is 0.0698. The lowest BCUT2D eigenvalue weighted by Gasteiger charge is -2.30. The van der Waals surface area contributed by atoms with Crippen molar-refractivity contribution < 1.29 is 9.32 Å². The van der Waals surface area contributed by atoms with Gasteiger partial charge in [-0.25, -0.2) is 4.98 Å². The first kappa shape index (κ1) is 14.7. The maximum Gasteiger partial charge on any atom is 0.271 e. The van der Waals surface area contributed by atoms with E-state index in [4.69, 9.17) is 4.52 Å². The fourth-order valence-corrected chi connectivity index (χ4v) is 2.72. The summed E-state index contributed by atoms with van der Waals surface area (Å²) in [4.78, 5) is 25.9. The van der Waals surface area contributed by atoms with Gasteiger partial charge >= 0.3 is 0 Å². The van der Waals surface area contributed by atoms with Gasteiger partial charge in [0.15, 0.2) is 5.82 Å². The fraction of sp³-hybridized carbons (Fsp3) is 0.600. The molecule has 0 radical (unpaired) electrons. The van der Waals surface area contributed by atoms with Crippen molar-refractivity contribution in [1.29, 1.82) is 0 Å². The highest BCUT2D eigenvalue weighted by atomic mass is 16.5. The van der Waals surface area contributed by atoms with E-state index in [1.807, 2.05) is 25.7 Å². The number of nitrogens with one attached hydrogen (secondary N) is 1. The molecule has 1 aliphatic heterocycles. The Morgan fingerprint density at radius 3 is 2.95 bits per heavy atom. The molecule has 1 amide bonds. The highest BCUT2D eigenvalue weighted by molar-refractivity contribution is 5.92. The number of hydrogen-bond acceptors (Lipinski definition) is 5. The minimum atomic E-state index is -0.0159. The molecule has 118 valence electrons. The van der Waals surface area contributed by atoms with Crippen LogP contribution in [0.25, 0.3) is 0 Å². The van der Waals surface area contributed by atoms with Crippen LogP contribution in [0.1, 0.15) is 66.6 Å². The van der Waals surface area contributed by atoms with Gasteiger partial charge in [-0.05, 0) is 19.8 Å². The minimum absolute atomic E-state index is 0.0159. The Balaban J connectivity index is 1.72. The van der Waals surface area contributed by atoms with Crippen molar-refractivity contribution in [2.24, 2.45) is 0 Å². The molecule has 7 nitrogen and oxygen atoms in total. The lowest BCUT2D eigenvalue weighted by atomic mass is 9.97. The SMILES string of the molecule is Cc1ncc(C(=O)N2CCC[C@H](c3noc(C(C)C)n3)C2)[nH]1. The van der Waals surface area contributed by atoms with E-state index >= 15 is 0 Å². The van der Waals surface area contributed by atoms with Crippen LogP contribution in [0.15, 0.2) is 10.7 Å². The molecule has 2 aromatic heterocycles. The van der Waals surface area contributed by atoms with Crippen LogP contribution in [0.4, 0.5) is 0 Å². The second kappa shape index (κ2) is 5.90. The van der Waals surface area contributed by atoms with Crippen molar-refractivity contribution in [3.05, 3.63) is 29.4 Å². The summed E-state index contributed by atoms with van der Waals surface area (Å²) in [7, 11) is 0. The number of carbonyl (C=O) groups excluding carboxylic acids is 1. The monoisotopic (exact) mass is 303 g/mol. The highest BCUT2D eigenvalue weighted by Gasteiger charge is 2.29. The molecule has 0 unspecified atom stereocenters. The van der Waals surface area contributed by atoms with Crippen molar-refractivity contribution in [2.45, 2.75) is 45.4 Å². The summed E-state index contributed by atoms with van der Waals surface area (Å²) in [5.41, 5.74) is 0.536. The molecule has 1 fully saturated rings. The Kier molecular flexibility index (Phi) is 3.96. The third kappa shape index (κ3) is 2.88. The number of aryl methyl sites for hydroxylation is 1. The molecular formula is C15H21N5O2. The fourth-order valence-electron chi connectivity index (χ4n) is 2.72. The van der Waals surface area contributed by atoms with Gasteiger partial charge in [0.25, 0.3) is 5.91 Å². The molecule has 3 heterocycles. The van der Waals surface area contributed by atoms with Crippen molar-refractivity contribution in [2.75, 3.05) is 13.1 Å². The van der Waals surface area contributed by atoms with Crippen LogP contribution >= 0.6 is 0 Å². The molecule has 1 atom stereocenters. The van der Waals surface area contributed by atoms with Gasteiger partial charge in [0.1, 0.15) is 11.5 Å². The highest BCUT2D eigenvalue weighted by Crippen LogP contribution is 2.26. The number of aromatic amines is 1. The molecule has 0 spiro atoms. The largest absolute Gasteiger partial charge is 0.339 e. The molecule has 0 aliphatic carbocycles. The number of H-pyrrole nitrogens is 1. The first-order chi connectivity index (χ1) is 10.5. The number of likely N-dealkylation sites (tertiary alicyclic amines) is 1. The smallest absolute Gasteiger partial charge is 0.271 e. The van der Waals surface area contributed by atoms with Gasteiger partial charge in [-0.2, -0.15) is 4.98 Å². The predicted molar refractivity (Wildman–Crippen MR) is 79.6 cm³/mol. The molecular weight excluding hydrogens is 282 g/mol. The van der Waals surface area contributed by atoms with Gasteiger partial charge in [0.05, 0.1) is 6.20 Å². The quantitative estimate of drug-likeness (QED) is 0.939. The maximum atomic E-state index is 12.5. The number of nitrogens with zero attached hydrogens (tertiary/aromatic N) is 4. The number of piperidine rings is 1. The van der Waals surface area contributed by atoms with Crippen molar-refractivity contribution in [1.82, 2.24) is 25.0 Å². The maximum absolute atomic E-state index is 12.5. The van der Waals surface area contributed by atoms with E-state index in [0.29, 0.717) is 24.0 Å². The summed E-state index contributed by atoms with van der Waals surface area (Å²) in [6.07, 6.45) is 3.50. The number of aromatic nitrogens is 4. The Hall–Kier alpha value is -2.18. The summed E-state index contributed by atoms with van der Waals surface area (Å²) < 4.78 is 5.28. The summed E-state index contributed by atoms with van der Waals surface area (Å²) in [6, 6.07) is 0. The van der Waals surface area contributed by atoms with Crippen LogP contribution in [0, 0.1) is 6.92 Å². The van der Waals surface area contributed by atoms with E-state index in [9.17, 15) is 4.79 Å². The van der Waals surface area contributed by atoms with E-state index < -0.39 is 0 Å². The molecule has 22 heavy (non-hydrogen) atoms. The Bertz CT molecular complexity index is 660. The molecule has 1 N–H and O–H groups in total. The van der Waals surface area contributed by atoms with E-state index in [-0.39, 0.29) is 17.7 Å². The third-order valence-corrected chi connectivity index (χ3v) is 3.96. The topological polar surface area (TPSA) is 87.9 Å². The van der Waals surface area contributed by atoms with Crippen molar-refractivity contribution >= 4 is 5.91 Å². The molecule has 0 saturated carbocycles. The summed E-state index contributed by atoms with van der Waals surface area (Å²) in [6.45, 7) is 7.25. The van der Waals surface area contributed by atoms with E-state index in [0.717, 1.165) is 25.2 Å². The second-order valence-electron chi connectivity index (χ2n) is 6.12. The van der Waals surface area contributed by atoms with E-state index in [1.165, 1.54) is 0 Å². The average molecular weight is 303 g/mol. The van der Waals surface area contributed by atoms with E-state index in [2.05, 4.69) is 20.1 Å². The molecule has 3 rings (SSSR count). The van der Waals surface area contributed by atoms with Gasteiger partial charge in [0, 0.05) is 24.9 Å². The Morgan fingerprint density at radius 1 is 1.50 bits per heavy atom. The second-order valence-corrected chi connectivity index (χ2v) is 6.12. The zero-order valence-corrected chi connectivity index (χ0v) is 13.2. The number of carbonyl (C=O) groups is 1. The Morgan fingerprint density at radius 2 is 2.32 bits per heavy atom. The van der Waals surface area contributed by atoms with Gasteiger partial charge in [0.2, 0.25) is 5.89 Å². The number of imidazole rings is 1. The van der Waals surface area contributed by atoms with Crippen LogP contribution in [0.3, 0.4) is 0 Å². The van der Waals surface area contributed by atoms with Crippen molar-refractivity contribution in [3.63, 3.8) is 0 Å². The molecule has 0 bridgehead atoms. The molecule has 2 aromatic rings. The first-order valence-electron chi connectivity index (χ1n) is 7.69. The third-order valence-electron chi connectivity index (χ3n) is 3.96. The summed E-state index contributed by atoms with van der Waals surface area (Å²) in [5, 5.41) is 4.09. The number of rotatable bonds is 3. The van der Waals surface area contributed by atoms with Gasteiger partial charge < -0.3 is 14.4 Å². The van der Waals surface area contributed by atoms with Crippen LogP contribution in [0.5, 0.6) is 0 Å². The zero-order valence-electron chi connectivity index (χ0n) is 13.2. The standard InChI is InChI=1S/C15H21N5O2/c1-9(2)14-18-13(19-22-14)11-5-4-6-20(8-11)15(21)12-7-16-10(3)17-12/h7,9,11H,4-6,8H2,1-3H3,(H,16,17)/t11-/m0/s1. The normalized spacial score (nSPS) is 18.9. The minimum Gasteiger partial charge on any atom is -0.339 e.